The summed E-state index contributed by atoms with van der Waals surface area (Å²) in [7, 11) is 0. The van der Waals surface area contributed by atoms with Gasteiger partial charge in [-0.3, -0.25) is 19.4 Å². The molecule has 0 bridgehead atoms. The van der Waals surface area contributed by atoms with Crippen LogP contribution in [0.4, 0.5) is 24.5 Å². The summed E-state index contributed by atoms with van der Waals surface area (Å²) in [4.78, 5) is 28.3. The maximum Gasteiger partial charge on any atom is 0.409 e. The van der Waals surface area contributed by atoms with E-state index in [9.17, 15) is 22.8 Å². The predicted molar refractivity (Wildman–Crippen MR) is 118 cm³/mol. The smallest absolute Gasteiger partial charge is 0.409 e. The highest BCUT2D eigenvalue weighted by molar-refractivity contribution is 6.05. The minimum atomic E-state index is -4.76. The van der Waals surface area contributed by atoms with Gasteiger partial charge in [0.1, 0.15) is 19.3 Å². The van der Waals surface area contributed by atoms with Crippen LogP contribution < -0.4 is 19.7 Å². The number of carbonyl (C=O) groups excluding carboxylic acids is 2. The van der Waals surface area contributed by atoms with E-state index in [0.29, 0.717) is 31.3 Å². The number of amides is 2. The molecule has 0 spiro atoms. The normalized spacial score (nSPS) is 22.7. The average Bonchev–Trinajstić information content (AvgIpc) is 3.20. The molecule has 2 aromatic carbocycles. The summed E-state index contributed by atoms with van der Waals surface area (Å²) >= 11 is 0. The van der Waals surface area contributed by atoms with Crippen molar-refractivity contribution in [2.75, 3.05) is 36.5 Å². The lowest BCUT2D eigenvalue weighted by atomic mass is 10.0. The van der Waals surface area contributed by atoms with Crippen molar-refractivity contribution >= 4 is 23.2 Å². The van der Waals surface area contributed by atoms with E-state index in [2.05, 4.69) is 5.32 Å². The molecule has 0 aromatic heterocycles. The molecule has 7 nitrogen and oxygen atoms in total. The number of likely N-dealkylation sites (tertiary alicyclic amines) is 1. The number of halogens is 3. The van der Waals surface area contributed by atoms with Gasteiger partial charge >= 0.3 is 6.18 Å². The van der Waals surface area contributed by atoms with Gasteiger partial charge in [0.05, 0.1) is 24.3 Å². The lowest BCUT2D eigenvalue weighted by Gasteiger charge is -2.34. The van der Waals surface area contributed by atoms with Gasteiger partial charge in [-0.15, -0.1) is 0 Å². The van der Waals surface area contributed by atoms with Crippen LogP contribution in [-0.2, 0) is 9.59 Å². The van der Waals surface area contributed by atoms with Crippen LogP contribution in [-0.4, -0.2) is 55.2 Å². The van der Waals surface area contributed by atoms with Crippen molar-refractivity contribution in [1.82, 2.24) is 4.90 Å². The topological polar surface area (TPSA) is 71.1 Å². The highest BCUT2D eigenvalue weighted by Crippen LogP contribution is 2.40. The minimum Gasteiger partial charge on any atom is -0.486 e. The number of benzene rings is 2. The Morgan fingerprint density at radius 1 is 1.09 bits per heavy atom. The van der Waals surface area contributed by atoms with Gasteiger partial charge in [0.2, 0.25) is 11.8 Å². The zero-order valence-corrected chi connectivity index (χ0v) is 18.3. The standard InChI is InChI=1S/C24H24F3N3O4/c25-24(26,27)21-13-22(31)28-16-4-1-2-5-18(16)30(21)23(32)14-29-9-3-6-17(29)15-7-8-19-20(12-15)34-11-10-33-19/h1-2,4-5,7-8,12,17,21H,3,6,9-11,13-14H2,(H,28,31). The first-order valence-corrected chi connectivity index (χ1v) is 11.2. The van der Waals surface area contributed by atoms with Gasteiger partial charge < -0.3 is 14.8 Å². The number of fused-ring (bicyclic) bond motifs is 2. The molecule has 2 unspecified atom stereocenters. The quantitative estimate of drug-likeness (QED) is 0.729. The SMILES string of the molecule is O=C1CC(C(F)(F)F)N(C(=O)CN2CCCC2c2ccc3c(c2)OCCO3)c2ccccc2N1. The van der Waals surface area contributed by atoms with Crippen LogP contribution in [0.2, 0.25) is 0 Å². The molecule has 2 amide bonds. The summed E-state index contributed by atoms with van der Waals surface area (Å²) in [5, 5.41) is 2.49. The Bertz CT molecular complexity index is 1110. The first-order chi connectivity index (χ1) is 16.3. The number of rotatable bonds is 3. The number of alkyl halides is 3. The average molecular weight is 475 g/mol. The number of nitrogens with zero attached hydrogens (tertiary/aromatic N) is 2. The van der Waals surface area contributed by atoms with E-state index in [1.165, 1.54) is 12.1 Å². The Morgan fingerprint density at radius 2 is 1.85 bits per heavy atom. The fourth-order valence-electron chi connectivity index (χ4n) is 4.91. The third-order valence-corrected chi connectivity index (χ3v) is 6.43. The molecule has 5 rings (SSSR count). The van der Waals surface area contributed by atoms with Crippen LogP contribution in [0.3, 0.4) is 0 Å². The van der Waals surface area contributed by atoms with Gasteiger partial charge in [0.15, 0.2) is 11.5 Å². The van der Waals surface area contributed by atoms with Gasteiger partial charge in [-0.2, -0.15) is 13.2 Å². The monoisotopic (exact) mass is 475 g/mol. The van der Waals surface area contributed by atoms with Crippen LogP contribution in [0.25, 0.3) is 0 Å². The van der Waals surface area contributed by atoms with Crippen LogP contribution in [0.5, 0.6) is 11.5 Å². The number of anilines is 2. The van der Waals surface area contributed by atoms with Gasteiger partial charge in [0.25, 0.3) is 0 Å². The second-order valence-electron chi connectivity index (χ2n) is 8.62. The summed E-state index contributed by atoms with van der Waals surface area (Å²) < 4.78 is 53.2. The van der Waals surface area contributed by atoms with Crippen molar-refractivity contribution in [3.63, 3.8) is 0 Å². The van der Waals surface area contributed by atoms with E-state index in [-0.39, 0.29) is 24.0 Å². The molecular weight excluding hydrogens is 451 g/mol. The number of hydrogen-bond acceptors (Lipinski definition) is 5. The molecule has 1 saturated heterocycles. The Morgan fingerprint density at radius 3 is 2.65 bits per heavy atom. The van der Waals surface area contributed by atoms with Crippen molar-refractivity contribution in [2.24, 2.45) is 0 Å². The van der Waals surface area contributed by atoms with Gasteiger partial charge in [-0.25, -0.2) is 0 Å². The molecule has 3 aliphatic rings. The molecule has 10 heteroatoms. The van der Waals surface area contributed by atoms with Crippen molar-refractivity contribution in [3.8, 4) is 11.5 Å². The summed E-state index contributed by atoms with van der Waals surface area (Å²) in [6.45, 7) is 1.30. The third-order valence-electron chi connectivity index (χ3n) is 6.43. The van der Waals surface area contributed by atoms with Crippen molar-refractivity contribution in [2.45, 2.75) is 37.5 Å². The molecular formula is C24H24F3N3O4. The largest absolute Gasteiger partial charge is 0.486 e. The summed E-state index contributed by atoms with van der Waals surface area (Å²) in [5.74, 6) is -0.191. The predicted octanol–water partition coefficient (Wildman–Crippen LogP) is 3.90. The molecule has 1 fully saturated rings. The Balaban J connectivity index is 1.43. The number of para-hydroxylation sites is 2. The summed E-state index contributed by atoms with van der Waals surface area (Å²) in [6.07, 6.45) is -4.03. The molecule has 1 N–H and O–H groups in total. The van der Waals surface area contributed by atoms with Crippen LogP contribution in [0.1, 0.15) is 30.9 Å². The molecule has 0 aliphatic carbocycles. The Hall–Kier alpha value is -3.27. The third kappa shape index (κ3) is 4.29. The number of carbonyl (C=O) groups is 2. The van der Waals surface area contributed by atoms with E-state index >= 15 is 0 Å². The van der Waals surface area contributed by atoms with Crippen molar-refractivity contribution in [3.05, 3.63) is 48.0 Å². The Kier molecular flexibility index (Phi) is 5.85. The zero-order chi connectivity index (χ0) is 23.9. The molecule has 0 saturated carbocycles. The maximum atomic E-state index is 14.0. The molecule has 2 aromatic rings. The number of hydrogen-bond donors (Lipinski definition) is 1. The highest BCUT2D eigenvalue weighted by Gasteiger charge is 2.49. The number of nitrogens with one attached hydrogen (secondary N) is 1. The van der Waals surface area contributed by atoms with Gasteiger partial charge in [-0.1, -0.05) is 18.2 Å². The second-order valence-corrected chi connectivity index (χ2v) is 8.62. The Labute approximate surface area is 194 Å². The molecule has 34 heavy (non-hydrogen) atoms. The molecule has 3 aliphatic heterocycles. The first kappa shape index (κ1) is 22.5. The van der Waals surface area contributed by atoms with Crippen molar-refractivity contribution in [1.29, 1.82) is 0 Å². The van der Waals surface area contributed by atoms with Crippen LogP contribution in [0.15, 0.2) is 42.5 Å². The second kappa shape index (κ2) is 8.83. The van der Waals surface area contributed by atoms with E-state index in [1.807, 2.05) is 23.1 Å². The minimum absolute atomic E-state index is 0.0516. The van der Waals surface area contributed by atoms with Crippen LogP contribution >= 0.6 is 0 Å². The van der Waals surface area contributed by atoms with E-state index in [0.717, 1.165) is 23.3 Å². The van der Waals surface area contributed by atoms with E-state index in [4.69, 9.17) is 9.47 Å². The summed E-state index contributed by atoms with van der Waals surface area (Å²) in [6, 6.07) is 9.33. The molecule has 180 valence electrons. The molecule has 3 heterocycles. The van der Waals surface area contributed by atoms with E-state index in [1.54, 1.807) is 12.1 Å². The lowest BCUT2D eigenvalue weighted by molar-refractivity contribution is -0.158. The fourth-order valence-corrected chi connectivity index (χ4v) is 4.91. The lowest BCUT2D eigenvalue weighted by Crippen LogP contribution is -2.52. The number of ether oxygens (including phenoxy) is 2. The van der Waals surface area contributed by atoms with E-state index < -0.39 is 30.5 Å². The molecule has 2 atom stereocenters. The van der Waals surface area contributed by atoms with Gasteiger partial charge in [0, 0.05) is 6.04 Å². The highest BCUT2D eigenvalue weighted by atomic mass is 19.4. The molecule has 0 radical (unpaired) electrons. The summed E-state index contributed by atoms with van der Waals surface area (Å²) in [5.41, 5.74) is 1.17. The van der Waals surface area contributed by atoms with Crippen molar-refractivity contribution < 1.29 is 32.2 Å². The maximum absolute atomic E-state index is 14.0. The first-order valence-electron chi connectivity index (χ1n) is 11.2. The fraction of sp³-hybridized carbons (Fsp3) is 0.417. The van der Waals surface area contributed by atoms with Gasteiger partial charge in [-0.05, 0) is 49.2 Å². The zero-order valence-electron chi connectivity index (χ0n) is 18.3. The van der Waals surface area contributed by atoms with Crippen LogP contribution in [0, 0.1) is 0 Å².